The van der Waals surface area contributed by atoms with Crippen LogP contribution < -0.4 is 0 Å². The lowest BCUT2D eigenvalue weighted by Crippen LogP contribution is -2.18. The van der Waals surface area contributed by atoms with Crippen molar-refractivity contribution >= 4 is 5.97 Å². The minimum atomic E-state index is -0.379. The number of esters is 1. The fourth-order valence-electron chi connectivity index (χ4n) is 0.766. The van der Waals surface area contributed by atoms with Gasteiger partial charge in [-0.25, -0.2) is 4.79 Å². The molecule has 4 nitrogen and oxygen atoms in total. The molecule has 0 bridgehead atoms. The molecule has 4 heteroatoms. The number of rotatable bonds is 5. The highest BCUT2D eigenvalue weighted by atomic mass is 16.5. The lowest BCUT2D eigenvalue weighted by Gasteiger charge is -2.15. The molecule has 0 amide bonds. The highest BCUT2D eigenvalue weighted by molar-refractivity contribution is 5.81. The minimum absolute atomic E-state index is 0.379. The molecule has 0 aromatic carbocycles. The third-order valence-electron chi connectivity index (χ3n) is 1.54. The van der Waals surface area contributed by atoms with Gasteiger partial charge in [-0.05, 0) is 6.92 Å². The largest absolute Gasteiger partial charge is 0.466 e. The number of ether oxygens (including phenoxy) is 1. The number of carbonyl (C=O) groups excluding carboxylic acids is 1. The summed E-state index contributed by atoms with van der Waals surface area (Å²) in [6.07, 6.45) is 3.45. The molecular weight excluding hydrogens is 168 g/mol. The molecule has 0 rings (SSSR count). The maximum Gasteiger partial charge on any atom is 0.331 e. The summed E-state index contributed by atoms with van der Waals surface area (Å²) in [6, 6.07) is 2.04. The van der Waals surface area contributed by atoms with Crippen LogP contribution in [0.3, 0.4) is 0 Å². The van der Waals surface area contributed by atoms with E-state index in [1.165, 1.54) is 13.2 Å². The third-order valence-corrected chi connectivity index (χ3v) is 1.54. The summed E-state index contributed by atoms with van der Waals surface area (Å²) in [7, 11) is 1.33. The predicted molar refractivity (Wildman–Crippen MR) is 48.6 cm³/mol. The van der Waals surface area contributed by atoms with Gasteiger partial charge in [0.05, 0.1) is 19.6 Å². The first-order valence-corrected chi connectivity index (χ1v) is 4.11. The van der Waals surface area contributed by atoms with E-state index in [9.17, 15) is 4.79 Å². The van der Waals surface area contributed by atoms with Crippen LogP contribution in [0.4, 0.5) is 0 Å². The minimum Gasteiger partial charge on any atom is -0.466 e. The average molecular weight is 182 g/mol. The zero-order chi connectivity index (χ0) is 10.1. The van der Waals surface area contributed by atoms with Crippen molar-refractivity contribution in [3.63, 3.8) is 0 Å². The summed E-state index contributed by atoms with van der Waals surface area (Å²) in [5.74, 6) is -0.379. The Kier molecular flexibility index (Phi) is 6.34. The zero-order valence-corrected chi connectivity index (χ0v) is 7.99. The van der Waals surface area contributed by atoms with Gasteiger partial charge < -0.3 is 9.64 Å². The Morgan fingerprint density at radius 3 is 2.85 bits per heavy atom. The van der Waals surface area contributed by atoms with Gasteiger partial charge in [-0.15, -0.1) is 0 Å². The summed E-state index contributed by atoms with van der Waals surface area (Å²) >= 11 is 0. The van der Waals surface area contributed by atoms with E-state index in [1.807, 2.05) is 17.9 Å². The van der Waals surface area contributed by atoms with E-state index in [0.717, 1.165) is 6.54 Å². The highest BCUT2D eigenvalue weighted by Gasteiger charge is 1.96. The van der Waals surface area contributed by atoms with Crippen LogP contribution in [0.1, 0.15) is 13.3 Å². The maximum atomic E-state index is 10.7. The van der Waals surface area contributed by atoms with Gasteiger partial charge in [-0.1, -0.05) is 0 Å². The van der Waals surface area contributed by atoms with Crippen LogP contribution in [0.15, 0.2) is 12.3 Å². The molecule has 0 aromatic heterocycles. The Morgan fingerprint density at radius 1 is 1.69 bits per heavy atom. The number of nitriles is 1. The highest BCUT2D eigenvalue weighted by Crippen LogP contribution is 1.92. The van der Waals surface area contributed by atoms with Crippen LogP contribution in [0.5, 0.6) is 0 Å². The summed E-state index contributed by atoms with van der Waals surface area (Å²) in [5, 5.41) is 8.34. The smallest absolute Gasteiger partial charge is 0.331 e. The second-order valence-electron chi connectivity index (χ2n) is 2.38. The SMILES string of the molecule is CCN(C=CC(=O)OC)CCC#N. The van der Waals surface area contributed by atoms with Gasteiger partial charge in [-0.3, -0.25) is 0 Å². The Labute approximate surface area is 78.4 Å². The van der Waals surface area contributed by atoms with Crippen LogP contribution in [-0.4, -0.2) is 31.1 Å². The van der Waals surface area contributed by atoms with Crippen molar-refractivity contribution in [3.05, 3.63) is 12.3 Å². The second kappa shape index (κ2) is 7.17. The first-order valence-electron chi connectivity index (χ1n) is 4.11. The monoisotopic (exact) mass is 182 g/mol. The summed E-state index contributed by atoms with van der Waals surface area (Å²) in [6.45, 7) is 3.37. The molecule has 0 fully saturated rings. The van der Waals surface area contributed by atoms with Crippen molar-refractivity contribution in [3.8, 4) is 6.07 Å². The molecule has 0 atom stereocenters. The molecule has 0 spiro atoms. The fraction of sp³-hybridized carbons (Fsp3) is 0.556. The molecule has 0 aliphatic heterocycles. The Morgan fingerprint density at radius 2 is 2.38 bits per heavy atom. The number of hydrogen-bond donors (Lipinski definition) is 0. The molecule has 13 heavy (non-hydrogen) atoms. The van der Waals surface area contributed by atoms with Gasteiger partial charge in [0.2, 0.25) is 0 Å². The van der Waals surface area contributed by atoms with Crippen LogP contribution in [-0.2, 0) is 9.53 Å². The summed E-state index contributed by atoms with van der Waals surface area (Å²) in [5.41, 5.74) is 0. The Hall–Kier alpha value is -1.50. The van der Waals surface area contributed by atoms with E-state index in [2.05, 4.69) is 4.74 Å². The van der Waals surface area contributed by atoms with E-state index < -0.39 is 0 Å². The van der Waals surface area contributed by atoms with E-state index in [-0.39, 0.29) is 5.97 Å². The van der Waals surface area contributed by atoms with Gasteiger partial charge in [-0.2, -0.15) is 5.26 Å². The topological polar surface area (TPSA) is 53.3 Å². The number of nitrogens with zero attached hydrogens (tertiary/aromatic N) is 2. The lowest BCUT2D eigenvalue weighted by molar-refractivity contribution is -0.134. The van der Waals surface area contributed by atoms with Crippen molar-refractivity contribution in [2.24, 2.45) is 0 Å². The standard InChI is InChI=1S/C9H14N2O2/c1-3-11(7-4-6-10)8-5-9(12)13-2/h5,8H,3-4,7H2,1-2H3. The number of hydrogen-bond acceptors (Lipinski definition) is 4. The van der Waals surface area contributed by atoms with Crippen LogP contribution in [0, 0.1) is 11.3 Å². The molecule has 0 unspecified atom stereocenters. The fourth-order valence-corrected chi connectivity index (χ4v) is 0.766. The second-order valence-corrected chi connectivity index (χ2v) is 2.38. The van der Waals surface area contributed by atoms with Crippen LogP contribution in [0.2, 0.25) is 0 Å². The predicted octanol–water partition coefficient (Wildman–Crippen LogP) is 0.909. The quantitative estimate of drug-likeness (QED) is 0.468. The van der Waals surface area contributed by atoms with Crippen molar-refractivity contribution in [2.75, 3.05) is 20.2 Å². The number of carbonyl (C=O) groups is 1. The summed E-state index contributed by atoms with van der Waals surface area (Å²) < 4.78 is 4.43. The Bertz CT molecular complexity index is 218. The molecule has 0 saturated heterocycles. The molecule has 0 N–H and O–H groups in total. The molecule has 0 radical (unpaired) electrons. The van der Waals surface area contributed by atoms with Crippen molar-refractivity contribution < 1.29 is 9.53 Å². The average Bonchev–Trinajstić information content (AvgIpc) is 2.17. The Balaban J connectivity index is 3.90. The molecule has 72 valence electrons. The molecule has 0 saturated carbocycles. The van der Waals surface area contributed by atoms with Crippen molar-refractivity contribution in [1.82, 2.24) is 4.90 Å². The molecule has 0 heterocycles. The van der Waals surface area contributed by atoms with Gasteiger partial charge in [0.25, 0.3) is 0 Å². The first-order chi connectivity index (χ1) is 6.24. The molecule has 0 aliphatic rings. The van der Waals surface area contributed by atoms with E-state index in [1.54, 1.807) is 6.20 Å². The first kappa shape index (κ1) is 11.5. The van der Waals surface area contributed by atoms with Crippen LogP contribution in [0.25, 0.3) is 0 Å². The maximum absolute atomic E-state index is 10.7. The lowest BCUT2D eigenvalue weighted by atomic mass is 10.4. The molecular formula is C9H14N2O2. The van der Waals surface area contributed by atoms with Gasteiger partial charge in [0.1, 0.15) is 0 Å². The van der Waals surface area contributed by atoms with Gasteiger partial charge in [0.15, 0.2) is 0 Å². The van der Waals surface area contributed by atoms with E-state index in [0.29, 0.717) is 13.0 Å². The zero-order valence-electron chi connectivity index (χ0n) is 7.99. The van der Waals surface area contributed by atoms with Crippen LogP contribution >= 0.6 is 0 Å². The van der Waals surface area contributed by atoms with E-state index in [4.69, 9.17) is 5.26 Å². The van der Waals surface area contributed by atoms with E-state index >= 15 is 0 Å². The summed E-state index contributed by atoms with van der Waals surface area (Å²) in [4.78, 5) is 12.6. The van der Waals surface area contributed by atoms with Crippen molar-refractivity contribution in [2.45, 2.75) is 13.3 Å². The number of methoxy groups -OCH3 is 1. The van der Waals surface area contributed by atoms with Gasteiger partial charge >= 0.3 is 5.97 Å². The van der Waals surface area contributed by atoms with Gasteiger partial charge in [0, 0.05) is 25.4 Å². The third kappa shape index (κ3) is 5.74. The van der Waals surface area contributed by atoms with Crippen molar-refractivity contribution in [1.29, 1.82) is 5.26 Å². The molecule has 0 aliphatic carbocycles. The normalized spacial score (nSPS) is 9.62. The molecule has 0 aromatic rings.